The summed E-state index contributed by atoms with van der Waals surface area (Å²) < 4.78 is 6.24. The second kappa shape index (κ2) is 9.82. The number of halogens is 1. The predicted molar refractivity (Wildman–Crippen MR) is 123 cm³/mol. The molecule has 0 bridgehead atoms. The van der Waals surface area contributed by atoms with Crippen LogP contribution in [0.5, 0.6) is 0 Å². The Hall–Kier alpha value is -2.07. The average molecular weight is 520 g/mol. The van der Waals surface area contributed by atoms with Crippen LogP contribution in [0, 0.1) is 13.8 Å². The Morgan fingerprint density at radius 2 is 2.09 bits per heavy atom. The molecule has 0 radical (unpaired) electrons. The van der Waals surface area contributed by atoms with Gasteiger partial charge in [0.1, 0.15) is 13.1 Å². The summed E-state index contributed by atoms with van der Waals surface area (Å²) in [6.07, 6.45) is 0.749. The molecule has 170 valence electrons. The van der Waals surface area contributed by atoms with E-state index in [4.69, 9.17) is 4.74 Å². The third-order valence-corrected chi connectivity index (χ3v) is 7.50. The van der Waals surface area contributed by atoms with Crippen LogP contribution >= 0.6 is 27.3 Å². The van der Waals surface area contributed by atoms with Gasteiger partial charge in [-0.05, 0) is 37.3 Å². The summed E-state index contributed by atoms with van der Waals surface area (Å²) in [6.45, 7) is 8.28. The van der Waals surface area contributed by atoms with Crippen LogP contribution in [-0.4, -0.2) is 61.0 Å². The number of benzene rings is 1. The molecule has 4 rings (SSSR count). The lowest BCUT2D eigenvalue weighted by Crippen LogP contribution is -3.14. The van der Waals surface area contributed by atoms with Gasteiger partial charge in [0.25, 0.3) is 0 Å². The number of nitrogens with one attached hydrogen (secondary N) is 1. The molecule has 1 saturated heterocycles. The summed E-state index contributed by atoms with van der Waals surface area (Å²) in [7, 11) is 0. The van der Waals surface area contributed by atoms with Crippen LogP contribution in [-0.2, 0) is 9.53 Å². The van der Waals surface area contributed by atoms with Gasteiger partial charge in [0, 0.05) is 23.0 Å². The molecule has 2 aliphatic rings. The highest BCUT2D eigenvalue weighted by Gasteiger charge is 2.40. The predicted octanol–water partition coefficient (Wildman–Crippen LogP) is 1.21. The van der Waals surface area contributed by atoms with Crippen molar-refractivity contribution in [3.8, 4) is 0 Å². The van der Waals surface area contributed by atoms with Crippen molar-refractivity contribution < 1.29 is 24.3 Å². The number of aryl methyl sites for hydroxylation is 2. The standard InChI is InChI=1S/C23H26BrN3O4S/c1-14-22(32-15(2)25-14)20(28)18-19(16-5-3-6-17(24)13-16)27(23(30)21(18)29)8-4-7-26-9-11-31-12-10-26/h3,5-6,13,19,29H,4,7-12H2,1-2H3. The van der Waals surface area contributed by atoms with E-state index in [1.54, 1.807) is 11.8 Å². The maximum absolute atomic E-state index is 13.5. The normalized spacial score (nSPS) is 19.8. The number of quaternary nitrogens is 1. The Labute approximate surface area is 199 Å². The van der Waals surface area contributed by atoms with Gasteiger partial charge in [-0.3, -0.25) is 9.59 Å². The van der Waals surface area contributed by atoms with Gasteiger partial charge in [0.15, 0.2) is 0 Å². The molecule has 2 aromatic rings. The second-order valence-corrected chi connectivity index (χ2v) is 10.3. The van der Waals surface area contributed by atoms with Gasteiger partial charge in [-0.15, -0.1) is 11.3 Å². The number of aromatic nitrogens is 1. The van der Waals surface area contributed by atoms with Gasteiger partial charge in [-0.2, -0.15) is 0 Å². The molecule has 9 heteroatoms. The largest absolute Gasteiger partial charge is 0.868 e. The van der Waals surface area contributed by atoms with Crippen molar-refractivity contribution in [3.63, 3.8) is 0 Å². The molecule has 3 heterocycles. The number of morpholine rings is 1. The van der Waals surface area contributed by atoms with E-state index in [1.165, 1.54) is 16.2 Å². The number of carbonyl (C=O) groups excluding carboxylic acids is 2. The zero-order chi connectivity index (χ0) is 22.8. The summed E-state index contributed by atoms with van der Waals surface area (Å²) in [4.78, 5) is 34.3. The first-order valence-electron chi connectivity index (χ1n) is 10.7. The van der Waals surface area contributed by atoms with E-state index in [0.717, 1.165) is 54.3 Å². The molecular weight excluding hydrogens is 494 g/mol. The average Bonchev–Trinajstić information content (AvgIpc) is 3.24. The van der Waals surface area contributed by atoms with Crippen LogP contribution in [0.1, 0.15) is 38.4 Å². The fraction of sp³-hybridized carbons (Fsp3) is 0.435. The number of nitrogens with zero attached hydrogens (tertiary/aromatic N) is 2. The van der Waals surface area contributed by atoms with Crippen molar-refractivity contribution >= 4 is 39.0 Å². The third-order valence-electron chi connectivity index (χ3n) is 5.93. The van der Waals surface area contributed by atoms with Crippen LogP contribution in [0.3, 0.4) is 0 Å². The third kappa shape index (κ3) is 4.66. The number of amides is 1. The van der Waals surface area contributed by atoms with E-state index < -0.39 is 23.5 Å². The van der Waals surface area contributed by atoms with Crippen molar-refractivity contribution in [2.75, 3.05) is 39.4 Å². The van der Waals surface area contributed by atoms with Gasteiger partial charge in [-0.25, -0.2) is 4.98 Å². The first-order valence-corrected chi connectivity index (χ1v) is 12.4. The molecule has 1 amide bonds. The van der Waals surface area contributed by atoms with E-state index in [-0.39, 0.29) is 5.57 Å². The van der Waals surface area contributed by atoms with E-state index in [9.17, 15) is 14.7 Å². The molecule has 2 aliphatic heterocycles. The summed E-state index contributed by atoms with van der Waals surface area (Å²) in [6, 6.07) is 6.77. The molecule has 1 atom stereocenters. The van der Waals surface area contributed by atoms with Crippen LogP contribution in [0.15, 0.2) is 40.1 Å². The molecule has 0 saturated carbocycles. The maximum Gasteiger partial charge on any atom is 0.239 e. The minimum Gasteiger partial charge on any atom is -0.868 e. The molecule has 1 fully saturated rings. The number of hydrogen-bond donors (Lipinski definition) is 1. The zero-order valence-electron chi connectivity index (χ0n) is 18.2. The first kappa shape index (κ1) is 23.1. The number of carbonyl (C=O) groups is 2. The maximum atomic E-state index is 13.5. The highest BCUT2D eigenvalue weighted by atomic mass is 79.9. The molecule has 1 aromatic carbocycles. The summed E-state index contributed by atoms with van der Waals surface area (Å²) in [5, 5.41) is 13.8. The van der Waals surface area contributed by atoms with Crippen molar-refractivity contribution in [1.29, 1.82) is 0 Å². The van der Waals surface area contributed by atoms with Crippen LogP contribution in [0.2, 0.25) is 0 Å². The Morgan fingerprint density at radius 3 is 2.75 bits per heavy atom. The van der Waals surface area contributed by atoms with Crippen molar-refractivity contribution in [3.05, 3.63) is 61.2 Å². The lowest BCUT2D eigenvalue weighted by atomic mass is 9.95. The van der Waals surface area contributed by atoms with Crippen molar-refractivity contribution in [2.24, 2.45) is 0 Å². The van der Waals surface area contributed by atoms with Crippen LogP contribution in [0.25, 0.3) is 0 Å². The first-order chi connectivity index (χ1) is 15.4. The van der Waals surface area contributed by atoms with Gasteiger partial charge in [0.05, 0.1) is 41.4 Å². The van der Waals surface area contributed by atoms with Crippen LogP contribution in [0.4, 0.5) is 0 Å². The van der Waals surface area contributed by atoms with E-state index in [1.807, 2.05) is 31.2 Å². The molecular formula is C23H26BrN3O4S. The fourth-order valence-corrected chi connectivity index (χ4v) is 5.69. The minimum absolute atomic E-state index is 0.0265. The smallest absolute Gasteiger partial charge is 0.239 e. The molecule has 0 spiro atoms. The molecule has 32 heavy (non-hydrogen) atoms. The van der Waals surface area contributed by atoms with E-state index in [2.05, 4.69) is 20.9 Å². The van der Waals surface area contributed by atoms with E-state index in [0.29, 0.717) is 17.1 Å². The Morgan fingerprint density at radius 1 is 1.34 bits per heavy atom. The molecule has 0 aliphatic carbocycles. The lowest BCUT2D eigenvalue weighted by molar-refractivity contribution is -0.908. The number of Topliss-reactive ketones (excluding diaryl/α,β-unsaturated/α-hetero) is 1. The summed E-state index contributed by atoms with van der Waals surface area (Å²) in [5.74, 6) is -1.70. The molecule has 1 aromatic heterocycles. The fourth-order valence-electron chi connectivity index (χ4n) is 4.40. The number of hydrogen-bond acceptors (Lipinski definition) is 6. The lowest BCUT2D eigenvalue weighted by Gasteiger charge is -2.29. The van der Waals surface area contributed by atoms with Crippen molar-refractivity contribution in [1.82, 2.24) is 9.88 Å². The highest BCUT2D eigenvalue weighted by Crippen LogP contribution is 2.39. The number of ketones is 1. The summed E-state index contributed by atoms with van der Waals surface area (Å²) in [5.41, 5.74) is 1.37. The van der Waals surface area contributed by atoms with Gasteiger partial charge >= 0.3 is 0 Å². The van der Waals surface area contributed by atoms with Gasteiger partial charge < -0.3 is 19.6 Å². The second-order valence-electron chi connectivity index (χ2n) is 8.14. The molecule has 1 N–H and O–H groups in total. The monoisotopic (exact) mass is 519 g/mol. The molecule has 1 unspecified atom stereocenters. The Kier molecular flexibility index (Phi) is 7.09. The number of rotatable bonds is 7. The van der Waals surface area contributed by atoms with Gasteiger partial charge in [-0.1, -0.05) is 28.1 Å². The Balaban J connectivity index is 1.64. The number of thiazole rings is 1. The Bertz CT molecular complexity index is 1060. The topological polar surface area (TPSA) is 87.0 Å². The van der Waals surface area contributed by atoms with E-state index >= 15 is 0 Å². The highest BCUT2D eigenvalue weighted by molar-refractivity contribution is 9.10. The SMILES string of the molecule is Cc1nc(C)c(C(=O)C2=C([O-])C(=O)N(CCC[NH+]3CCOCC3)C2c2cccc(Br)c2)s1. The summed E-state index contributed by atoms with van der Waals surface area (Å²) >= 11 is 4.74. The minimum atomic E-state index is -0.704. The van der Waals surface area contributed by atoms with Gasteiger partial charge in [0.2, 0.25) is 11.7 Å². The molecule has 7 nitrogen and oxygen atoms in total. The van der Waals surface area contributed by atoms with Crippen molar-refractivity contribution in [2.45, 2.75) is 26.3 Å². The quantitative estimate of drug-likeness (QED) is 0.555. The zero-order valence-corrected chi connectivity index (χ0v) is 20.6. The van der Waals surface area contributed by atoms with Crippen LogP contribution < -0.4 is 10.0 Å². The number of ether oxygens (including phenoxy) is 1.